The van der Waals surface area contributed by atoms with E-state index in [0.717, 1.165) is 76.8 Å². The van der Waals surface area contributed by atoms with Gasteiger partial charge in [0.15, 0.2) is 5.96 Å². The molecule has 2 aliphatic rings. The lowest BCUT2D eigenvalue weighted by molar-refractivity contribution is -0.122. The molecule has 8 nitrogen and oxygen atoms in total. The average molecular weight is 392 g/mol. The fourth-order valence-corrected chi connectivity index (χ4v) is 3.57. The number of hydrogen-bond acceptors (Lipinski definition) is 5. The number of aliphatic imine (C=N–C) groups is 1. The molecule has 28 heavy (non-hydrogen) atoms. The summed E-state index contributed by atoms with van der Waals surface area (Å²) in [5.41, 5.74) is 0. The summed E-state index contributed by atoms with van der Waals surface area (Å²) in [6.45, 7) is 5.52. The predicted molar refractivity (Wildman–Crippen MR) is 108 cm³/mol. The van der Waals surface area contributed by atoms with Gasteiger partial charge in [0, 0.05) is 58.2 Å². The van der Waals surface area contributed by atoms with Crippen LogP contribution in [0.15, 0.2) is 27.8 Å². The number of carbonyl (C=O) groups is 1. The Bertz CT molecular complexity index is 605. The molecule has 156 valence electrons. The lowest BCUT2D eigenvalue weighted by Gasteiger charge is -2.32. The van der Waals surface area contributed by atoms with E-state index in [2.05, 4.69) is 20.9 Å². The van der Waals surface area contributed by atoms with E-state index >= 15 is 0 Å². The first-order valence-electron chi connectivity index (χ1n) is 10.3. The van der Waals surface area contributed by atoms with E-state index in [1.165, 1.54) is 0 Å². The van der Waals surface area contributed by atoms with Gasteiger partial charge in [0.05, 0.1) is 19.4 Å². The second kappa shape index (κ2) is 11.1. The Morgan fingerprint density at radius 1 is 1.32 bits per heavy atom. The smallest absolute Gasteiger partial charge is 0.233 e. The SMILES string of the molecule is CNC(=O)CN1CCC(NC(=NCC2CCOC2)NCCc2ccco2)CC1. The lowest BCUT2D eigenvalue weighted by atomic mass is 10.1. The quantitative estimate of drug-likeness (QED) is 0.444. The van der Waals surface area contributed by atoms with Crippen molar-refractivity contribution >= 4 is 11.9 Å². The van der Waals surface area contributed by atoms with E-state index in [1.54, 1.807) is 13.3 Å². The third-order valence-electron chi connectivity index (χ3n) is 5.35. The standard InChI is InChI=1S/C20H33N5O3/c1-21-19(26)14-25-9-5-17(6-10-25)24-20(23-13-16-7-12-27-15-16)22-8-4-18-3-2-11-28-18/h2-3,11,16-17H,4-10,12-15H2,1H3,(H,21,26)(H2,22,23,24). The van der Waals surface area contributed by atoms with E-state index in [1.807, 2.05) is 12.1 Å². The minimum atomic E-state index is 0.0760. The number of likely N-dealkylation sites (N-methyl/N-ethyl adjacent to an activating group) is 1. The molecule has 0 aromatic carbocycles. The molecule has 0 spiro atoms. The van der Waals surface area contributed by atoms with Crippen molar-refractivity contribution in [1.29, 1.82) is 0 Å². The van der Waals surface area contributed by atoms with Crippen LogP contribution in [0.1, 0.15) is 25.0 Å². The maximum atomic E-state index is 11.6. The Kier molecular flexibility index (Phi) is 8.17. The van der Waals surface area contributed by atoms with E-state index in [0.29, 0.717) is 18.5 Å². The largest absolute Gasteiger partial charge is 0.469 e. The minimum absolute atomic E-state index is 0.0760. The molecule has 3 N–H and O–H groups in total. The number of nitrogens with zero attached hydrogens (tertiary/aromatic N) is 2. The first-order valence-corrected chi connectivity index (χ1v) is 10.3. The summed E-state index contributed by atoms with van der Waals surface area (Å²) in [5.74, 6) is 2.42. The van der Waals surface area contributed by atoms with Crippen molar-refractivity contribution in [3.05, 3.63) is 24.2 Å². The Labute approximate surface area is 167 Å². The molecular weight excluding hydrogens is 358 g/mol. The molecule has 8 heteroatoms. The molecule has 3 rings (SSSR count). The van der Waals surface area contributed by atoms with Gasteiger partial charge in [-0.1, -0.05) is 0 Å². The van der Waals surface area contributed by atoms with E-state index in [-0.39, 0.29) is 5.91 Å². The highest BCUT2D eigenvalue weighted by molar-refractivity contribution is 5.80. The fraction of sp³-hybridized carbons (Fsp3) is 0.700. The molecule has 2 aliphatic heterocycles. The first kappa shape index (κ1) is 20.7. The molecule has 0 aliphatic carbocycles. The third-order valence-corrected chi connectivity index (χ3v) is 5.35. The number of nitrogens with one attached hydrogen (secondary N) is 3. The highest BCUT2D eigenvalue weighted by atomic mass is 16.5. The summed E-state index contributed by atoms with van der Waals surface area (Å²) in [6, 6.07) is 4.27. The maximum absolute atomic E-state index is 11.6. The van der Waals surface area contributed by atoms with Gasteiger partial charge in [0.1, 0.15) is 5.76 Å². The summed E-state index contributed by atoms with van der Waals surface area (Å²) in [5, 5.41) is 9.72. The summed E-state index contributed by atoms with van der Waals surface area (Å²) >= 11 is 0. The number of ether oxygens (including phenoxy) is 1. The van der Waals surface area contributed by atoms with Gasteiger partial charge in [-0.15, -0.1) is 0 Å². The second-order valence-corrected chi connectivity index (χ2v) is 7.54. The van der Waals surface area contributed by atoms with Crippen LogP contribution in [-0.2, 0) is 16.0 Å². The van der Waals surface area contributed by atoms with Gasteiger partial charge < -0.3 is 25.1 Å². The van der Waals surface area contributed by atoms with E-state index < -0.39 is 0 Å². The van der Waals surface area contributed by atoms with Crippen LogP contribution in [-0.4, -0.2) is 75.8 Å². The molecule has 1 aromatic heterocycles. The molecule has 0 saturated carbocycles. The molecule has 3 heterocycles. The van der Waals surface area contributed by atoms with E-state index in [4.69, 9.17) is 14.1 Å². The second-order valence-electron chi connectivity index (χ2n) is 7.54. The summed E-state index contributed by atoms with van der Waals surface area (Å²) in [4.78, 5) is 18.6. The Morgan fingerprint density at radius 3 is 2.86 bits per heavy atom. The Morgan fingerprint density at radius 2 is 2.18 bits per heavy atom. The zero-order valence-electron chi connectivity index (χ0n) is 16.8. The zero-order valence-corrected chi connectivity index (χ0v) is 16.8. The minimum Gasteiger partial charge on any atom is -0.469 e. The topological polar surface area (TPSA) is 91.1 Å². The molecule has 0 radical (unpaired) electrons. The molecule has 0 bridgehead atoms. The van der Waals surface area contributed by atoms with Gasteiger partial charge in [-0.25, -0.2) is 0 Å². The van der Waals surface area contributed by atoms with Crippen molar-refractivity contribution in [2.24, 2.45) is 10.9 Å². The number of carbonyl (C=O) groups excluding carboxylic acids is 1. The van der Waals surface area contributed by atoms with Crippen molar-refractivity contribution in [2.75, 3.05) is 53.0 Å². The number of hydrogen-bond donors (Lipinski definition) is 3. The van der Waals surface area contributed by atoms with Crippen LogP contribution in [0.4, 0.5) is 0 Å². The summed E-state index contributed by atoms with van der Waals surface area (Å²) in [6.07, 6.45) is 5.62. The van der Waals surface area contributed by atoms with Gasteiger partial charge in [-0.2, -0.15) is 0 Å². The summed E-state index contributed by atoms with van der Waals surface area (Å²) in [7, 11) is 1.68. The molecule has 1 aromatic rings. The monoisotopic (exact) mass is 391 g/mol. The van der Waals surface area contributed by atoms with Gasteiger partial charge in [-0.3, -0.25) is 14.7 Å². The Hall–Kier alpha value is -2.06. The number of likely N-dealkylation sites (tertiary alicyclic amines) is 1. The molecular formula is C20H33N5O3. The predicted octanol–water partition coefficient (Wildman–Crippen LogP) is 0.604. The van der Waals surface area contributed by atoms with Crippen molar-refractivity contribution in [2.45, 2.75) is 31.7 Å². The molecule has 2 fully saturated rings. The summed E-state index contributed by atoms with van der Waals surface area (Å²) < 4.78 is 10.9. The van der Waals surface area contributed by atoms with Crippen LogP contribution in [0.2, 0.25) is 0 Å². The normalized spacial score (nSPS) is 21.6. The van der Waals surface area contributed by atoms with Crippen LogP contribution in [0.3, 0.4) is 0 Å². The number of guanidine groups is 1. The van der Waals surface area contributed by atoms with Crippen molar-refractivity contribution in [1.82, 2.24) is 20.9 Å². The number of piperidine rings is 1. The van der Waals surface area contributed by atoms with Crippen LogP contribution in [0.25, 0.3) is 0 Å². The number of rotatable bonds is 8. The van der Waals surface area contributed by atoms with Gasteiger partial charge in [-0.05, 0) is 31.4 Å². The van der Waals surface area contributed by atoms with Crippen LogP contribution >= 0.6 is 0 Å². The Balaban J connectivity index is 1.46. The third kappa shape index (κ3) is 6.83. The van der Waals surface area contributed by atoms with Crippen LogP contribution < -0.4 is 16.0 Å². The van der Waals surface area contributed by atoms with Crippen molar-refractivity contribution in [3.63, 3.8) is 0 Å². The van der Waals surface area contributed by atoms with Crippen LogP contribution in [0, 0.1) is 5.92 Å². The maximum Gasteiger partial charge on any atom is 0.233 e. The number of amides is 1. The number of furan rings is 1. The van der Waals surface area contributed by atoms with Gasteiger partial charge in [0.25, 0.3) is 0 Å². The highest BCUT2D eigenvalue weighted by Gasteiger charge is 2.22. The van der Waals surface area contributed by atoms with Crippen LogP contribution in [0.5, 0.6) is 0 Å². The molecule has 1 atom stereocenters. The molecule has 1 unspecified atom stereocenters. The fourth-order valence-electron chi connectivity index (χ4n) is 3.57. The molecule has 1 amide bonds. The van der Waals surface area contributed by atoms with Crippen molar-refractivity contribution < 1.29 is 13.9 Å². The first-order chi connectivity index (χ1) is 13.7. The average Bonchev–Trinajstić information content (AvgIpc) is 3.41. The molecule has 2 saturated heterocycles. The van der Waals surface area contributed by atoms with Gasteiger partial charge >= 0.3 is 0 Å². The van der Waals surface area contributed by atoms with Crippen molar-refractivity contribution in [3.8, 4) is 0 Å². The highest BCUT2D eigenvalue weighted by Crippen LogP contribution is 2.13. The zero-order chi connectivity index (χ0) is 19.6. The van der Waals surface area contributed by atoms with E-state index in [9.17, 15) is 4.79 Å². The lowest BCUT2D eigenvalue weighted by Crippen LogP contribution is -2.50. The van der Waals surface area contributed by atoms with Gasteiger partial charge in [0.2, 0.25) is 5.91 Å².